The summed E-state index contributed by atoms with van der Waals surface area (Å²) in [6.07, 6.45) is 6.18. The van der Waals surface area contributed by atoms with Crippen LogP contribution in [0.4, 0.5) is 0 Å². The summed E-state index contributed by atoms with van der Waals surface area (Å²) in [5, 5.41) is -0.121. The molecule has 0 radical (unpaired) electrons. The van der Waals surface area contributed by atoms with Crippen LogP contribution in [0.2, 0.25) is 0 Å². The highest BCUT2D eigenvalue weighted by atomic mass is 16.2. The van der Waals surface area contributed by atoms with E-state index in [0.29, 0.717) is 0 Å². The molecule has 0 N–H and O–H groups in total. The minimum atomic E-state index is -0.682. The van der Waals surface area contributed by atoms with Crippen molar-refractivity contribution >= 4 is 45.3 Å². The molecule has 5 aromatic carbocycles. The summed E-state index contributed by atoms with van der Waals surface area (Å²) in [5.41, 5.74) is -0.128. The zero-order valence-corrected chi connectivity index (χ0v) is 25.2. The zero-order chi connectivity index (χ0) is 33.4. The van der Waals surface area contributed by atoms with E-state index in [9.17, 15) is 28.8 Å². The van der Waals surface area contributed by atoms with E-state index in [-0.39, 0.29) is 55.6 Å². The molecule has 0 atom stereocenters. The standard InChI is InChI=1S/C40H24N2O6/c43-35(19-17-25-9-3-1-4-10-25)27-13-7-15-29(21-27)41-37(45)31-23-33-34(24-32(31)38(41)46)40(48)42(39(33)47)30-16-8-14-28(22-30)36(44)20-18-26-11-5-2-6-12-26/h1-24H/b19-17+,20-18+. The van der Waals surface area contributed by atoms with Crippen molar-refractivity contribution in [2.24, 2.45) is 0 Å². The van der Waals surface area contributed by atoms with Crippen LogP contribution >= 0.6 is 0 Å². The molecular formula is C40H24N2O6. The van der Waals surface area contributed by atoms with Gasteiger partial charge in [0.05, 0.1) is 32.9 Å². The molecule has 230 valence electrons. The lowest BCUT2D eigenvalue weighted by Crippen LogP contribution is -2.24. The third-order valence-electron chi connectivity index (χ3n) is 8.12. The molecule has 0 aliphatic rings. The van der Waals surface area contributed by atoms with Crippen LogP contribution in [-0.4, -0.2) is 20.7 Å². The van der Waals surface area contributed by atoms with Gasteiger partial charge in [-0.25, -0.2) is 9.13 Å². The Morgan fingerprint density at radius 3 is 1.12 bits per heavy atom. The first-order valence-corrected chi connectivity index (χ1v) is 15.0. The number of hydrogen-bond donors (Lipinski definition) is 0. The number of nitrogens with zero attached hydrogens (tertiary/aromatic N) is 2. The molecule has 0 aliphatic heterocycles. The Bertz CT molecular complexity index is 2410. The number of ketones is 2. The van der Waals surface area contributed by atoms with Crippen molar-refractivity contribution in [1.82, 2.24) is 9.13 Å². The number of allylic oxidation sites excluding steroid dienone is 2. The van der Waals surface area contributed by atoms with Crippen molar-refractivity contribution < 1.29 is 9.59 Å². The Hall–Kier alpha value is -6.80. The molecule has 2 aromatic heterocycles. The average Bonchev–Trinajstić information content (AvgIpc) is 3.52. The monoisotopic (exact) mass is 628 g/mol. The van der Waals surface area contributed by atoms with Crippen molar-refractivity contribution in [2.45, 2.75) is 0 Å². The third-order valence-corrected chi connectivity index (χ3v) is 8.12. The Morgan fingerprint density at radius 1 is 0.417 bits per heavy atom. The van der Waals surface area contributed by atoms with Gasteiger partial charge < -0.3 is 0 Å². The van der Waals surface area contributed by atoms with Crippen molar-refractivity contribution in [2.75, 3.05) is 0 Å². The first-order chi connectivity index (χ1) is 23.3. The summed E-state index contributed by atoms with van der Waals surface area (Å²) < 4.78 is 1.87. The molecule has 48 heavy (non-hydrogen) atoms. The van der Waals surface area contributed by atoms with Gasteiger partial charge in [-0.05, 0) is 59.7 Å². The molecule has 0 fully saturated rings. The maximum atomic E-state index is 13.6. The third kappa shape index (κ3) is 5.37. The summed E-state index contributed by atoms with van der Waals surface area (Å²) in [6, 6.07) is 33.4. The predicted octanol–water partition coefficient (Wildman–Crippen LogP) is 5.68. The first kappa shape index (κ1) is 29.9. The quantitative estimate of drug-likeness (QED) is 0.158. The number of benzene rings is 5. The summed E-state index contributed by atoms with van der Waals surface area (Å²) in [4.78, 5) is 80.1. The molecular weight excluding hydrogens is 604 g/mol. The highest BCUT2D eigenvalue weighted by Crippen LogP contribution is 2.19. The lowest BCUT2D eigenvalue weighted by Gasteiger charge is -2.03. The van der Waals surface area contributed by atoms with Gasteiger partial charge in [0.25, 0.3) is 22.2 Å². The Morgan fingerprint density at radius 2 is 0.771 bits per heavy atom. The van der Waals surface area contributed by atoms with E-state index >= 15 is 0 Å². The van der Waals surface area contributed by atoms with Gasteiger partial charge in [0, 0.05) is 11.1 Å². The predicted molar refractivity (Wildman–Crippen MR) is 187 cm³/mol. The summed E-state index contributed by atoms with van der Waals surface area (Å²) in [7, 11) is 0. The van der Waals surface area contributed by atoms with Crippen LogP contribution in [0.25, 0.3) is 45.1 Å². The van der Waals surface area contributed by atoms with E-state index in [1.165, 1.54) is 48.6 Å². The van der Waals surface area contributed by atoms with Crippen LogP contribution in [0, 0.1) is 0 Å². The van der Waals surface area contributed by atoms with E-state index in [2.05, 4.69) is 0 Å². The van der Waals surface area contributed by atoms with Gasteiger partial charge in [0.1, 0.15) is 0 Å². The number of hydrogen-bond acceptors (Lipinski definition) is 6. The van der Waals surface area contributed by atoms with Crippen LogP contribution in [-0.2, 0) is 0 Å². The second kappa shape index (κ2) is 12.2. The number of carbonyl (C=O) groups excluding carboxylic acids is 2. The Kier molecular flexibility index (Phi) is 7.59. The molecule has 0 amide bonds. The Labute approximate surface area is 272 Å². The van der Waals surface area contributed by atoms with E-state index in [4.69, 9.17) is 0 Å². The molecule has 0 saturated carbocycles. The van der Waals surface area contributed by atoms with Crippen molar-refractivity contribution in [1.29, 1.82) is 0 Å². The van der Waals surface area contributed by atoms with E-state index in [1.54, 1.807) is 36.4 Å². The SMILES string of the molecule is O=C(/C=C/c1ccccc1)c1cccc(-n2c(=O)c3cc4c(=O)n(-c5cccc(C(=O)/C=C/c6ccccc6)c5)c(=O)c4cc3c2=O)c1. The average molecular weight is 629 g/mol. The molecule has 0 saturated heterocycles. The highest BCUT2D eigenvalue weighted by Gasteiger charge is 2.21. The Balaban J connectivity index is 1.25. The van der Waals surface area contributed by atoms with Crippen LogP contribution in [0.15, 0.2) is 153 Å². The minimum absolute atomic E-state index is 0.0302. The van der Waals surface area contributed by atoms with Crippen molar-refractivity contribution in [3.05, 3.63) is 197 Å². The van der Waals surface area contributed by atoms with Gasteiger partial charge in [-0.2, -0.15) is 0 Å². The number of fused-ring (bicyclic) bond motifs is 2. The fourth-order valence-electron chi connectivity index (χ4n) is 5.70. The number of rotatable bonds is 8. The molecule has 0 unspecified atom stereocenters. The van der Waals surface area contributed by atoms with Crippen molar-refractivity contribution in [3.63, 3.8) is 0 Å². The van der Waals surface area contributed by atoms with E-state index < -0.39 is 22.2 Å². The maximum Gasteiger partial charge on any atom is 0.266 e. The lowest BCUT2D eigenvalue weighted by molar-refractivity contribution is 0.103. The molecule has 0 bridgehead atoms. The van der Waals surface area contributed by atoms with Crippen LogP contribution in [0.5, 0.6) is 0 Å². The zero-order valence-electron chi connectivity index (χ0n) is 25.2. The van der Waals surface area contributed by atoms with Gasteiger partial charge in [0.15, 0.2) is 11.6 Å². The molecule has 8 heteroatoms. The molecule has 2 heterocycles. The summed E-state index contributed by atoms with van der Waals surface area (Å²) >= 11 is 0. The number of aromatic nitrogens is 2. The van der Waals surface area contributed by atoms with Crippen LogP contribution in [0.3, 0.4) is 0 Å². The van der Waals surface area contributed by atoms with Crippen LogP contribution in [0.1, 0.15) is 31.8 Å². The molecule has 7 rings (SSSR count). The second-order valence-corrected chi connectivity index (χ2v) is 11.2. The topological polar surface area (TPSA) is 112 Å². The van der Waals surface area contributed by atoms with Crippen LogP contribution < -0.4 is 22.2 Å². The molecule has 8 nitrogen and oxygen atoms in total. The number of carbonyl (C=O) groups is 2. The fraction of sp³-hybridized carbons (Fsp3) is 0. The van der Waals surface area contributed by atoms with E-state index in [1.807, 2.05) is 60.7 Å². The largest absolute Gasteiger partial charge is 0.289 e. The van der Waals surface area contributed by atoms with E-state index in [0.717, 1.165) is 20.3 Å². The normalized spacial score (nSPS) is 11.7. The first-order valence-electron chi connectivity index (χ1n) is 15.0. The smallest absolute Gasteiger partial charge is 0.266 e. The molecule has 0 aliphatic carbocycles. The summed E-state index contributed by atoms with van der Waals surface area (Å²) in [5.74, 6) is -0.629. The summed E-state index contributed by atoms with van der Waals surface area (Å²) in [6.45, 7) is 0. The highest BCUT2D eigenvalue weighted by molar-refractivity contribution is 6.08. The minimum Gasteiger partial charge on any atom is -0.289 e. The lowest BCUT2D eigenvalue weighted by atomic mass is 10.1. The van der Waals surface area contributed by atoms with Gasteiger partial charge in [-0.15, -0.1) is 0 Å². The van der Waals surface area contributed by atoms with Gasteiger partial charge in [-0.3, -0.25) is 28.8 Å². The maximum absolute atomic E-state index is 13.6. The van der Waals surface area contributed by atoms with Gasteiger partial charge in [-0.1, -0.05) is 97.1 Å². The van der Waals surface area contributed by atoms with Gasteiger partial charge in [0.2, 0.25) is 0 Å². The van der Waals surface area contributed by atoms with Gasteiger partial charge >= 0.3 is 0 Å². The fourth-order valence-corrected chi connectivity index (χ4v) is 5.70. The second-order valence-electron chi connectivity index (χ2n) is 11.2. The molecule has 0 spiro atoms. The van der Waals surface area contributed by atoms with Crippen molar-refractivity contribution in [3.8, 4) is 11.4 Å². The molecule has 7 aromatic rings.